The maximum Gasteiger partial charge on any atom is 0.124 e. The van der Waals surface area contributed by atoms with Crippen LogP contribution in [0.25, 0.3) is 11.0 Å². The van der Waals surface area contributed by atoms with E-state index in [1.165, 1.54) is 16.7 Å². The Morgan fingerprint density at radius 1 is 1.00 bits per heavy atom. The number of carbonyl (C=O) groups is 1. The molecular formula is C26H26N2O2. The summed E-state index contributed by atoms with van der Waals surface area (Å²) >= 11 is 0. The number of imidazole rings is 1. The number of carbonyl (C=O) groups excluding carboxylic acids is 1. The first kappa shape index (κ1) is 19.9. The molecule has 0 spiro atoms. The van der Waals surface area contributed by atoms with Gasteiger partial charge < -0.3 is 14.1 Å². The van der Waals surface area contributed by atoms with E-state index in [-0.39, 0.29) is 0 Å². The fraction of sp³-hybridized carbons (Fsp3) is 0.231. The van der Waals surface area contributed by atoms with E-state index in [9.17, 15) is 4.79 Å². The maximum atomic E-state index is 10.7. The summed E-state index contributed by atoms with van der Waals surface area (Å²) in [5.41, 5.74) is 8.07. The molecule has 0 aliphatic rings. The number of ether oxygens (including phenoxy) is 1. The normalized spacial score (nSPS) is 11.0. The summed E-state index contributed by atoms with van der Waals surface area (Å²) in [4.78, 5) is 15.2. The van der Waals surface area contributed by atoms with Gasteiger partial charge in [0.15, 0.2) is 0 Å². The van der Waals surface area contributed by atoms with Gasteiger partial charge in [0.05, 0.1) is 23.9 Å². The molecule has 0 N–H and O–H groups in total. The van der Waals surface area contributed by atoms with Gasteiger partial charge in [-0.05, 0) is 60.7 Å². The van der Waals surface area contributed by atoms with Crippen LogP contribution in [-0.2, 0) is 24.4 Å². The SMILES string of the molecule is Cc1cc(COc2ccccc2Cn2cnc3ccccc32)cc(C)c1CCC=O. The van der Waals surface area contributed by atoms with Gasteiger partial charge in [-0.3, -0.25) is 0 Å². The molecule has 0 amide bonds. The summed E-state index contributed by atoms with van der Waals surface area (Å²) in [5, 5.41) is 0. The number of hydrogen-bond acceptors (Lipinski definition) is 3. The van der Waals surface area contributed by atoms with Gasteiger partial charge in [0.1, 0.15) is 18.6 Å². The highest BCUT2D eigenvalue weighted by molar-refractivity contribution is 5.75. The minimum absolute atomic E-state index is 0.511. The highest BCUT2D eigenvalue weighted by Gasteiger charge is 2.09. The number of nitrogens with zero attached hydrogens (tertiary/aromatic N) is 2. The summed E-state index contributed by atoms with van der Waals surface area (Å²) in [7, 11) is 0. The highest BCUT2D eigenvalue weighted by atomic mass is 16.5. The predicted octanol–water partition coefficient (Wildman–Crippen LogP) is 5.41. The molecule has 0 bridgehead atoms. The van der Waals surface area contributed by atoms with Gasteiger partial charge in [-0.15, -0.1) is 0 Å². The maximum absolute atomic E-state index is 10.7. The lowest BCUT2D eigenvalue weighted by Crippen LogP contribution is -2.04. The molecule has 4 aromatic rings. The van der Waals surface area contributed by atoms with Crippen LogP contribution >= 0.6 is 0 Å². The van der Waals surface area contributed by atoms with E-state index in [1.54, 1.807) is 0 Å². The lowest BCUT2D eigenvalue weighted by molar-refractivity contribution is -0.107. The lowest BCUT2D eigenvalue weighted by Gasteiger charge is -2.15. The Balaban J connectivity index is 1.52. The second-order valence-electron chi connectivity index (χ2n) is 7.67. The molecule has 0 saturated heterocycles. The zero-order valence-electron chi connectivity index (χ0n) is 17.5. The van der Waals surface area contributed by atoms with Crippen LogP contribution in [0.2, 0.25) is 0 Å². The third kappa shape index (κ3) is 4.28. The van der Waals surface area contributed by atoms with E-state index in [0.717, 1.165) is 40.6 Å². The van der Waals surface area contributed by atoms with Gasteiger partial charge in [-0.2, -0.15) is 0 Å². The Hall–Kier alpha value is -3.40. The first-order valence-corrected chi connectivity index (χ1v) is 10.3. The molecule has 0 radical (unpaired) electrons. The summed E-state index contributed by atoms with van der Waals surface area (Å²) in [6.07, 6.45) is 4.22. The molecule has 0 aliphatic carbocycles. The molecule has 4 rings (SSSR count). The van der Waals surface area contributed by atoms with Crippen molar-refractivity contribution in [1.82, 2.24) is 9.55 Å². The van der Waals surface area contributed by atoms with Crippen molar-refractivity contribution < 1.29 is 9.53 Å². The van der Waals surface area contributed by atoms with Crippen LogP contribution in [0.1, 0.15) is 34.2 Å². The number of aldehydes is 1. The number of hydrogen-bond donors (Lipinski definition) is 0. The number of aryl methyl sites for hydroxylation is 2. The van der Waals surface area contributed by atoms with Gasteiger partial charge in [0.25, 0.3) is 0 Å². The second kappa shape index (κ2) is 8.95. The first-order valence-electron chi connectivity index (χ1n) is 10.3. The number of rotatable bonds is 8. The van der Waals surface area contributed by atoms with Crippen molar-refractivity contribution in [2.45, 2.75) is 39.8 Å². The monoisotopic (exact) mass is 398 g/mol. The molecule has 0 fully saturated rings. The fourth-order valence-corrected chi connectivity index (χ4v) is 4.02. The van der Waals surface area contributed by atoms with Gasteiger partial charge in [-0.1, -0.05) is 42.5 Å². The fourth-order valence-electron chi connectivity index (χ4n) is 4.02. The number of benzene rings is 3. The molecule has 4 heteroatoms. The zero-order valence-corrected chi connectivity index (χ0v) is 17.5. The Labute approximate surface area is 177 Å². The number of para-hydroxylation sites is 3. The summed E-state index contributed by atoms with van der Waals surface area (Å²) in [6, 6.07) is 20.6. The van der Waals surface area contributed by atoms with Crippen LogP contribution in [-0.4, -0.2) is 15.8 Å². The summed E-state index contributed by atoms with van der Waals surface area (Å²) in [5.74, 6) is 0.885. The molecular weight excluding hydrogens is 372 g/mol. The lowest BCUT2D eigenvalue weighted by atomic mass is 9.96. The Kier molecular flexibility index (Phi) is 5.94. The van der Waals surface area contributed by atoms with Crippen LogP contribution < -0.4 is 4.74 Å². The third-order valence-corrected chi connectivity index (χ3v) is 5.50. The number of fused-ring (bicyclic) bond motifs is 1. The van der Waals surface area contributed by atoms with E-state index in [2.05, 4.69) is 47.7 Å². The molecule has 0 atom stereocenters. The Morgan fingerprint density at radius 2 is 1.73 bits per heavy atom. The largest absolute Gasteiger partial charge is 0.489 e. The van der Waals surface area contributed by atoms with Gasteiger partial charge in [-0.25, -0.2) is 4.98 Å². The quantitative estimate of drug-likeness (QED) is 0.373. The molecule has 1 heterocycles. The standard InChI is InChI=1S/C26H26N2O2/c1-19-14-21(15-20(2)23(19)9-7-13-29)17-30-26-12-6-3-8-22(26)16-28-18-27-24-10-4-5-11-25(24)28/h3-6,8,10-15,18H,7,9,16-17H2,1-2H3. The summed E-state index contributed by atoms with van der Waals surface area (Å²) in [6.45, 7) is 5.43. The molecule has 3 aromatic carbocycles. The minimum atomic E-state index is 0.511. The average molecular weight is 399 g/mol. The highest BCUT2D eigenvalue weighted by Crippen LogP contribution is 2.24. The van der Waals surface area contributed by atoms with Crippen LogP contribution in [0, 0.1) is 13.8 Å². The van der Waals surface area contributed by atoms with Crippen molar-refractivity contribution in [2.75, 3.05) is 0 Å². The molecule has 1 aromatic heterocycles. The van der Waals surface area contributed by atoms with Gasteiger partial charge in [0.2, 0.25) is 0 Å². The van der Waals surface area contributed by atoms with Crippen molar-refractivity contribution in [3.05, 3.63) is 94.8 Å². The van der Waals surface area contributed by atoms with Crippen molar-refractivity contribution in [3.63, 3.8) is 0 Å². The third-order valence-electron chi connectivity index (χ3n) is 5.50. The van der Waals surface area contributed by atoms with Crippen LogP contribution in [0.4, 0.5) is 0 Å². The van der Waals surface area contributed by atoms with E-state index in [0.29, 0.717) is 19.6 Å². The van der Waals surface area contributed by atoms with Crippen molar-refractivity contribution >= 4 is 17.3 Å². The zero-order chi connectivity index (χ0) is 20.9. The molecule has 30 heavy (non-hydrogen) atoms. The van der Waals surface area contributed by atoms with Gasteiger partial charge in [0, 0.05) is 12.0 Å². The van der Waals surface area contributed by atoms with E-state index in [1.807, 2.05) is 42.7 Å². The van der Waals surface area contributed by atoms with Crippen LogP contribution in [0.3, 0.4) is 0 Å². The number of aromatic nitrogens is 2. The van der Waals surface area contributed by atoms with Crippen LogP contribution in [0.5, 0.6) is 5.75 Å². The minimum Gasteiger partial charge on any atom is -0.489 e. The molecule has 0 saturated carbocycles. The van der Waals surface area contributed by atoms with E-state index < -0.39 is 0 Å². The topological polar surface area (TPSA) is 44.1 Å². The second-order valence-corrected chi connectivity index (χ2v) is 7.67. The van der Waals surface area contributed by atoms with E-state index in [4.69, 9.17) is 4.74 Å². The smallest absolute Gasteiger partial charge is 0.124 e. The van der Waals surface area contributed by atoms with Crippen molar-refractivity contribution in [1.29, 1.82) is 0 Å². The van der Waals surface area contributed by atoms with Crippen LogP contribution in [0.15, 0.2) is 67.0 Å². The Bertz CT molecular complexity index is 1150. The Morgan fingerprint density at radius 3 is 2.53 bits per heavy atom. The molecule has 0 unspecified atom stereocenters. The molecule has 4 nitrogen and oxygen atoms in total. The van der Waals surface area contributed by atoms with Gasteiger partial charge >= 0.3 is 0 Å². The van der Waals surface area contributed by atoms with Crippen molar-refractivity contribution in [2.24, 2.45) is 0 Å². The van der Waals surface area contributed by atoms with Crippen molar-refractivity contribution in [3.8, 4) is 5.75 Å². The average Bonchev–Trinajstić information content (AvgIpc) is 3.15. The first-order chi connectivity index (χ1) is 14.7. The molecule has 152 valence electrons. The van der Waals surface area contributed by atoms with E-state index >= 15 is 0 Å². The predicted molar refractivity (Wildman–Crippen MR) is 120 cm³/mol. The summed E-state index contributed by atoms with van der Waals surface area (Å²) < 4.78 is 8.37. The molecule has 0 aliphatic heterocycles.